The number of carbonyl (C=O) groups excluding carboxylic acids is 3. The largest absolute Gasteiger partial charge is 0.376 e. The minimum atomic E-state index is -0.208. The van der Waals surface area contributed by atoms with Crippen molar-refractivity contribution in [3.63, 3.8) is 0 Å². The second kappa shape index (κ2) is 10.3. The minimum absolute atomic E-state index is 0.0576. The van der Waals surface area contributed by atoms with Gasteiger partial charge >= 0.3 is 0 Å². The van der Waals surface area contributed by atoms with Crippen LogP contribution in [0, 0.1) is 11.8 Å². The summed E-state index contributed by atoms with van der Waals surface area (Å²) in [5.74, 6) is -0.536. The molecule has 0 aliphatic rings. The molecule has 0 saturated heterocycles. The van der Waals surface area contributed by atoms with Crippen LogP contribution in [0.1, 0.15) is 27.7 Å². The molecule has 3 amide bonds. The number of nitrogens with one attached hydrogen (secondary N) is 4. The molecule has 0 radical (unpaired) electrons. The lowest BCUT2D eigenvalue weighted by atomic mass is 10.2. The Labute approximate surface area is 171 Å². The van der Waals surface area contributed by atoms with Gasteiger partial charge in [0.1, 0.15) is 0 Å². The van der Waals surface area contributed by atoms with E-state index in [-0.39, 0.29) is 36.1 Å². The standard InChI is InChI=1S/C22H28N4O3/c1-14(2)21(28)25-17-10-8-16(9-11-17)24-20(27)13-23-18-6-5-7-19(12-18)26-22(29)15(3)4/h5-12,14-15,23H,13H2,1-4H3,(H,24,27)(H,25,28)(H,26,29). The van der Waals surface area contributed by atoms with Gasteiger partial charge in [-0.1, -0.05) is 33.8 Å². The van der Waals surface area contributed by atoms with Crippen LogP contribution in [0.4, 0.5) is 22.7 Å². The van der Waals surface area contributed by atoms with Gasteiger partial charge in [-0.3, -0.25) is 14.4 Å². The van der Waals surface area contributed by atoms with Gasteiger partial charge in [0.05, 0.1) is 6.54 Å². The van der Waals surface area contributed by atoms with Gasteiger partial charge in [0.15, 0.2) is 0 Å². The summed E-state index contributed by atoms with van der Waals surface area (Å²) in [6, 6.07) is 14.1. The molecule has 0 aromatic heterocycles. The van der Waals surface area contributed by atoms with Crippen molar-refractivity contribution in [2.45, 2.75) is 27.7 Å². The number of carbonyl (C=O) groups is 3. The highest BCUT2D eigenvalue weighted by Crippen LogP contribution is 2.17. The third-order valence-electron chi connectivity index (χ3n) is 4.07. The fourth-order valence-electron chi connectivity index (χ4n) is 2.30. The molecular formula is C22H28N4O3. The van der Waals surface area contributed by atoms with E-state index in [2.05, 4.69) is 21.3 Å². The highest BCUT2D eigenvalue weighted by atomic mass is 16.2. The summed E-state index contributed by atoms with van der Waals surface area (Å²) < 4.78 is 0. The molecule has 0 spiro atoms. The SMILES string of the molecule is CC(C)C(=O)Nc1ccc(NC(=O)CNc2cccc(NC(=O)C(C)C)c2)cc1. The summed E-state index contributed by atoms with van der Waals surface area (Å²) in [6.07, 6.45) is 0. The summed E-state index contributed by atoms with van der Waals surface area (Å²) in [6.45, 7) is 7.38. The van der Waals surface area contributed by atoms with E-state index in [4.69, 9.17) is 0 Å². The first-order valence-electron chi connectivity index (χ1n) is 9.60. The number of benzene rings is 2. The number of hydrogen-bond acceptors (Lipinski definition) is 4. The van der Waals surface area contributed by atoms with Crippen molar-refractivity contribution in [3.05, 3.63) is 48.5 Å². The van der Waals surface area contributed by atoms with Crippen LogP contribution in [0.15, 0.2) is 48.5 Å². The van der Waals surface area contributed by atoms with Gasteiger partial charge in [-0.25, -0.2) is 0 Å². The van der Waals surface area contributed by atoms with E-state index in [0.717, 1.165) is 5.69 Å². The quantitative estimate of drug-likeness (QED) is 0.543. The minimum Gasteiger partial charge on any atom is -0.376 e. The van der Waals surface area contributed by atoms with E-state index in [9.17, 15) is 14.4 Å². The molecule has 0 aliphatic carbocycles. The Hall–Kier alpha value is -3.35. The van der Waals surface area contributed by atoms with Crippen LogP contribution in [-0.4, -0.2) is 24.3 Å². The summed E-state index contributed by atoms with van der Waals surface area (Å²) in [4.78, 5) is 35.7. The van der Waals surface area contributed by atoms with Gasteiger partial charge in [0, 0.05) is 34.6 Å². The Morgan fingerprint density at radius 2 is 1.17 bits per heavy atom. The van der Waals surface area contributed by atoms with E-state index in [1.54, 1.807) is 42.5 Å². The Morgan fingerprint density at radius 3 is 1.72 bits per heavy atom. The average Bonchev–Trinajstić information content (AvgIpc) is 2.68. The molecule has 4 N–H and O–H groups in total. The highest BCUT2D eigenvalue weighted by molar-refractivity contribution is 5.95. The molecule has 7 heteroatoms. The zero-order valence-corrected chi connectivity index (χ0v) is 17.2. The molecule has 0 heterocycles. The van der Waals surface area contributed by atoms with E-state index in [1.165, 1.54) is 0 Å². The fourth-order valence-corrected chi connectivity index (χ4v) is 2.30. The zero-order valence-electron chi connectivity index (χ0n) is 17.2. The van der Waals surface area contributed by atoms with Crippen LogP contribution in [0.3, 0.4) is 0 Å². The number of rotatable bonds is 8. The second-order valence-electron chi connectivity index (χ2n) is 7.35. The molecule has 0 atom stereocenters. The predicted octanol–water partition coefficient (Wildman–Crippen LogP) is 3.93. The molecule has 0 fully saturated rings. The third kappa shape index (κ3) is 7.29. The van der Waals surface area contributed by atoms with Crippen LogP contribution in [-0.2, 0) is 14.4 Å². The molecule has 2 aromatic carbocycles. The molecule has 2 aromatic rings. The lowest BCUT2D eigenvalue weighted by molar-refractivity contribution is -0.119. The zero-order chi connectivity index (χ0) is 21.4. The Bertz CT molecular complexity index is 861. The number of anilines is 4. The van der Waals surface area contributed by atoms with Crippen LogP contribution in [0.2, 0.25) is 0 Å². The molecule has 0 bridgehead atoms. The maximum atomic E-state index is 12.2. The Morgan fingerprint density at radius 1 is 0.690 bits per heavy atom. The normalized spacial score (nSPS) is 10.6. The molecule has 154 valence electrons. The van der Waals surface area contributed by atoms with E-state index in [0.29, 0.717) is 17.1 Å². The second-order valence-corrected chi connectivity index (χ2v) is 7.35. The first kappa shape index (κ1) is 21.9. The monoisotopic (exact) mass is 396 g/mol. The molecular weight excluding hydrogens is 368 g/mol. The number of amides is 3. The first-order valence-corrected chi connectivity index (χ1v) is 9.60. The van der Waals surface area contributed by atoms with E-state index < -0.39 is 0 Å². The van der Waals surface area contributed by atoms with Gasteiger partial charge in [0.2, 0.25) is 17.7 Å². The van der Waals surface area contributed by atoms with Crippen LogP contribution in [0.25, 0.3) is 0 Å². The molecule has 0 aliphatic heterocycles. The van der Waals surface area contributed by atoms with Crippen molar-refractivity contribution < 1.29 is 14.4 Å². The maximum absolute atomic E-state index is 12.2. The van der Waals surface area contributed by atoms with Crippen molar-refractivity contribution in [1.82, 2.24) is 0 Å². The van der Waals surface area contributed by atoms with E-state index in [1.807, 2.05) is 33.8 Å². The smallest absolute Gasteiger partial charge is 0.243 e. The lowest BCUT2D eigenvalue weighted by Gasteiger charge is -2.12. The third-order valence-corrected chi connectivity index (χ3v) is 4.07. The summed E-state index contributed by atoms with van der Waals surface area (Å²) >= 11 is 0. The molecule has 7 nitrogen and oxygen atoms in total. The van der Waals surface area contributed by atoms with Gasteiger partial charge in [-0.05, 0) is 42.5 Å². The molecule has 0 unspecified atom stereocenters. The van der Waals surface area contributed by atoms with Crippen LogP contribution in [0.5, 0.6) is 0 Å². The molecule has 0 saturated carbocycles. The van der Waals surface area contributed by atoms with E-state index >= 15 is 0 Å². The van der Waals surface area contributed by atoms with Gasteiger partial charge in [-0.15, -0.1) is 0 Å². The Balaban J connectivity index is 1.85. The number of hydrogen-bond donors (Lipinski definition) is 4. The van der Waals surface area contributed by atoms with Gasteiger partial charge < -0.3 is 21.3 Å². The fraction of sp³-hybridized carbons (Fsp3) is 0.318. The maximum Gasteiger partial charge on any atom is 0.243 e. The van der Waals surface area contributed by atoms with Crippen molar-refractivity contribution in [3.8, 4) is 0 Å². The van der Waals surface area contributed by atoms with Crippen LogP contribution < -0.4 is 21.3 Å². The lowest BCUT2D eigenvalue weighted by Crippen LogP contribution is -2.22. The molecule has 29 heavy (non-hydrogen) atoms. The first-order chi connectivity index (χ1) is 13.7. The van der Waals surface area contributed by atoms with Crippen LogP contribution >= 0.6 is 0 Å². The van der Waals surface area contributed by atoms with Gasteiger partial charge in [-0.2, -0.15) is 0 Å². The van der Waals surface area contributed by atoms with Crippen molar-refractivity contribution in [1.29, 1.82) is 0 Å². The summed E-state index contributed by atoms with van der Waals surface area (Å²) in [7, 11) is 0. The Kier molecular flexibility index (Phi) is 7.77. The summed E-state index contributed by atoms with van der Waals surface area (Å²) in [5.41, 5.74) is 2.72. The van der Waals surface area contributed by atoms with Crippen molar-refractivity contribution >= 4 is 40.5 Å². The predicted molar refractivity (Wildman–Crippen MR) is 117 cm³/mol. The summed E-state index contributed by atoms with van der Waals surface area (Å²) in [5, 5.41) is 11.5. The van der Waals surface area contributed by atoms with Crippen molar-refractivity contribution in [2.75, 3.05) is 27.8 Å². The molecule has 2 rings (SSSR count). The average molecular weight is 396 g/mol. The van der Waals surface area contributed by atoms with Crippen molar-refractivity contribution in [2.24, 2.45) is 11.8 Å². The van der Waals surface area contributed by atoms with Gasteiger partial charge in [0.25, 0.3) is 0 Å². The highest BCUT2D eigenvalue weighted by Gasteiger charge is 2.09. The topological polar surface area (TPSA) is 99.3 Å².